The van der Waals surface area contributed by atoms with Gasteiger partial charge in [0.1, 0.15) is 5.75 Å². The van der Waals surface area contributed by atoms with Gasteiger partial charge in [0.2, 0.25) is 5.91 Å². The van der Waals surface area contributed by atoms with E-state index in [0.717, 1.165) is 5.56 Å². The van der Waals surface area contributed by atoms with E-state index in [2.05, 4.69) is 5.32 Å². The Kier molecular flexibility index (Phi) is 5.98. The summed E-state index contributed by atoms with van der Waals surface area (Å²) in [6.45, 7) is 1.80. The van der Waals surface area contributed by atoms with Gasteiger partial charge in [-0.3, -0.25) is 9.00 Å². The van der Waals surface area contributed by atoms with Crippen LogP contribution >= 0.6 is 0 Å². The summed E-state index contributed by atoms with van der Waals surface area (Å²) in [5.74, 6) is 0.337. The Bertz CT molecular complexity index is 448. The molecule has 0 fully saturated rings. The largest absolute Gasteiger partial charge is 0.508 e. The number of aromatic hydroxyl groups is 1. The third kappa shape index (κ3) is 5.85. The second-order valence-electron chi connectivity index (χ2n) is 4.63. The van der Waals surface area contributed by atoms with Crippen LogP contribution in [0.1, 0.15) is 12.5 Å². The van der Waals surface area contributed by atoms with E-state index >= 15 is 0 Å². The molecule has 0 saturated carbocycles. The standard InChI is InChI=1S/C13H20N2O3S/c1-9(8-19(2)18)15-13(17)12(14)7-10-3-5-11(16)6-4-10/h3-6,9,12,16H,7-8,14H2,1-2H3,(H,15,17). The van der Waals surface area contributed by atoms with Crippen LogP contribution in [0.4, 0.5) is 0 Å². The van der Waals surface area contributed by atoms with Crippen molar-refractivity contribution in [1.29, 1.82) is 0 Å². The fourth-order valence-corrected chi connectivity index (χ4v) is 2.51. The van der Waals surface area contributed by atoms with E-state index in [0.29, 0.717) is 12.2 Å². The molecule has 1 amide bonds. The topological polar surface area (TPSA) is 92.4 Å². The van der Waals surface area contributed by atoms with E-state index in [1.165, 1.54) is 0 Å². The fraction of sp³-hybridized carbons (Fsp3) is 0.462. The molecule has 0 heterocycles. The van der Waals surface area contributed by atoms with Crippen molar-refractivity contribution in [3.05, 3.63) is 29.8 Å². The lowest BCUT2D eigenvalue weighted by molar-refractivity contribution is -0.122. The van der Waals surface area contributed by atoms with Crippen molar-refractivity contribution < 1.29 is 14.1 Å². The van der Waals surface area contributed by atoms with Crippen molar-refractivity contribution in [2.24, 2.45) is 5.73 Å². The number of nitrogens with two attached hydrogens (primary N) is 1. The first-order valence-electron chi connectivity index (χ1n) is 6.02. The summed E-state index contributed by atoms with van der Waals surface area (Å²) in [6, 6.07) is 5.76. The van der Waals surface area contributed by atoms with Crippen molar-refractivity contribution in [2.75, 3.05) is 12.0 Å². The molecular weight excluding hydrogens is 264 g/mol. The average molecular weight is 284 g/mol. The number of phenolic OH excluding ortho intramolecular Hbond substituents is 1. The van der Waals surface area contributed by atoms with E-state index in [-0.39, 0.29) is 17.7 Å². The van der Waals surface area contributed by atoms with Crippen LogP contribution in [-0.4, -0.2) is 39.3 Å². The highest BCUT2D eigenvalue weighted by Gasteiger charge is 2.16. The van der Waals surface area contributed by atoms with Crippen LogP contribution in [0.25, 0.3) is 0 Å². The van der Waals surface area contributed by atoms with Crippen molar-refractivity contribution in [1.82, 2.24) is 5.32 Å². The molecule has 0 aliphatic rings. The number of carbonyl (C=O) groups is 1. The minimum absolute atomic E-state index is 0.163. The molecular formula is C13H20N2O3S. The summed E-state index contributed by atoms with van der Waals surface area (Å²) in [5.41, 5.74) is 6.70. The van der Waals surface area contributed by atoms with Crippen molar-refractivity contribution in [2.45, 2.75) is 25.4 Å². The molecule has 0 spiro atoms. The van der Waals surface area contributed by atoms with E-state index in [9.17, 15) is 9.00 Å². The Hall–Kier alpha value is -1.40. The molecule has 0 saturated heterocycles. The van der Waals surface area contributed by atoms with Gasteiger partial charge in [0.05, 0.1) is 6.04 Å². The first-order chi connectivity index (χ1) is 8.88. The van der Waals surface area contributed by atoms with Gasteiger partial charge in [-0.1, -0.05) is 12.1 Å². The molecule has 0 aromatic heterocycles. The number of hydrogen-bond donors (Lipinski definition) is 3. The Morgan fingerprint density at radius 2 is 2.00 bits per heavy atom. The van der Waals surface area contributed by atoms with Crippen LogP contribution in [-0.2, 0) is 22.0 Å². The number of carbonyl (C=O) groups excluding carboxylic acids is 1. The lowest BCUT2D eigenvalue weighted by Crippen LogP contribution is -2.46. The second-order valence-corrected chi connectivity index (χ2v) is 6.11. The molecule has 0 aliphatic heterocycles. The maximum Gasteiger partial charge on any atom is 0.237 e. The first kappa shape index (κ1) is 15.7. The summed E-state index contributed by atoms with van der Waals surface area (Å²) in [7, 11) is -0.949. The Balaban J connectivity index is 2.48. The second kappa shape index (κ2) is 7.25. The van der Waals surface area contributed by atoms with Crippen molar-refractivity contribution in [3.63, 3.8) is 0 Å². The van der Waals surface area contributed by atoms with Gasteiger partial charge in [-0.25, -0.2) is 0 Å². The van der Waals surface area contributed by atoms with Gasteiger partial charge < -0.3 is 16.2 Å². The van der Waals surface area contributed by atoms with Crippen LogP contribution < -0.4 is 11.1 Å². The molecule has 19 heavy (non-hydrogen) atoms. The highest BCUT2D eigenvalue weighted by atomic mass is 32.2. The van der Waals surface area contributed by atoms with Gasteiger partial charge in [-0.2, -0.15) is 0 Å². The number of nitrogens with one attached hydrogen (secondary N) is 1. The maximum atomic E-state index is 11.8. The minimum Gasteiger partial charge on any atom is -0.508 e. The van der Waals surface area contributed by atoms with Crippen molar-refractivity contribution in [3.8, 4) is 5.75 Å². The highest BCUT2D eigenvalue weighted by Crippen LogP contribution is 2.10. The first-order valence-corrected chi connectivity index (χ1v) is 7.75. The summed E-state index contributed by atoms with van der Waals surface area (Å²) in [4.78, 5) is 11.8. The molecule has 0 bridgehead atoms. The molecule has 0 aliphatic carbocycles. The maximum absolute atomic E-state index is 11.8. The molecule has 1 aromatic carbocycles. The molecule has 106 valence electrons. The van der Waals surface area contributed by atoms with Crippen molar-refractivity contribution >= 4 is 16.7 Å². The zero-order chi connectivity index (χ0) is 14.4. The molecule has 3 atom stereocenters. The summed E-state index contributed by atoms with van der Waals surface area (Å²) in [6.07, 6.45) is 1.99. The minimum atomic E-state index is -0.949. The zero-order valence-corrected chi connectivity index (χ0v) is 11.9. The highest BCUT2D eigenvalue weighted by molar-refractivity contribution is 7.84. The summed E-state index contributed by atoms with van der Waals surface area (Å²) >= 11 is 0. The number of amides is 1. The number of rotatable bonds is 6. The van der Waals surface area contributed by atoms with E-state index in [4.69, 9.17) is 10.8 Å². The predicted octanol–water partition coefficient (Wildman–Crippen LogP) is 0.145. The van der Waals surface area contributed by atoms with E-state index in [1.807, 2.05) is 0 Å². The SMILES string of the molecule is CC(CS(C)=O)NC(=O)C(N)Cc1ccc(O)cc1. The van der Waals surface area contributed by atoms with Gasteiger partial charge in [-0.15, -0.1) is 0 Å². The van der Waals surface area contributed by atoms with Crippen LogP contribution in [0, 0.1) is 0 Å². The quantitative estimate of drug-likeness (QED) is 0.693. The summed E-state index contributed by atoms with van der Waals surface area (Å²) < 4.78 is 11.0. The normalized spacial score (nSPS) is 15.5. The third-order valence-corrected chi connectivity index (χ3v) is 3.57. The van der Waals surface area contributed by atoms with Crippen LogP contribution in [0.3, 0.4) is 0 Å². The zero-order valence-electron chi connectivity index (χ0n) is 11.1. The van der Waals surface area contributed by atoms with Gasteiger partial charge in [0, 0.05) is 28.9 Å². The van der Waals surface area contributed by atoms with Gasteiger partial charge >= 0.3 is 0 Å². The molecule has 1 aromatic rings. The van der Waals surface area contributed by atoms with Gasteiger partial charge in [0.15, 0.2) is 0 Å². The monoisotopic (exact) mass is 284 g/mol. The van der Waals surface area contributed by atoms with Gasteiger partial charge in [0.25, 0.3) is 0 Å². The van der Waals surface area contributed by atoms with E-state index in [1.54, 1.807) is 37.4 Å². The molecule has 3 unspecified atom stereocenters. The lowest BCUT2D eigenvalue weighted by atomic mass is 10.1. The van der Waals surface area contributed by atoms with Crippen LogP contribution in [0.2, 0.25) is 0 Å². The lowest BCUT2D eigenvalue weighted by Gasteiger charge is -2.16. The predicted molar refractivity (Wildman–Crippen MR) is 76.3 cm³/mol. The fourth-order valence-electron chi connectivity index (χ4n) is 1.72. The number of hydrogen-bond acceptors (Lipinski definition) is 4. The molecule has 1 rings (SSSR count). The Morgan fingerprint density at radius 3 is 2.53 bits per heavy atom. The van der Waals surface area contributed by atoms with E-state index < -0.39 is 16.8 Å². The number of benzene rings is 1. The Labute approximate surface area is 115 Å². The molecule has 0 radical (unpaired) electrons. The Morgan fingerprint density at radius 1 is 1.42 bits per heavy atom. The number of phenols is 1. The van der Waals surface area contributed by atoms with Crippen LogP contribution in [0.5, 0.6) is 5.75 Å². The molecule has 6 heteroatoms. The molecule has 5 nitrogen and oxygen atoms in total. The third-order valence-electron chi connectivity index (χ3n) is 2.60. The molecule has 4 N–H and O–H groups in total. The summed E-state index contributed by atoms with van der Waals surface area (Å²) in [5, 5.41) is 11.9. The average Bonchev–Trinajstić information content (AvgIpc) is 2.30. The van der Waals surface area contributed by atoms with Gasteiger partial charge in [-0.05, 0) is 31.0 Å². The van der Waals surface area contributed by atoms with Crippen LogP contribution in [0.15, 0.2) is 24.3 Å². The smallest absolute Gasteiger partial charge is 0.237 e.